The summed E-state index contributed by atoms with van der Waals surface area (Å²) in [5, 5.41) is 8.97. The van der Waals surface area contributed by atoms with Gasteiger partial charge in [-0.25, -0.2) is 0 Å². The van der Waals surface area contributed by atoms with E-state index < -0.39 is 13.4 Å². The lowest BCUT2D eigenvalue weighted by molar-refractivity contribution is 0.358. The first-order chi connectivity index (χ1) is 6.39. The molecular formula is C8H12NO4P. The molecule has 0 saturated heterocycles. The molecular weight excluding hydrogens is 205 g/mol. The van der Waals surface area contributed by atoms with Crippen LogP contribution >= 0.6 is 7.60 Å². The summed E-state index contributed by atoms with van der Waals surface area (Å²) in [6.07, 6.45) is 0.0879. The Morgan fingerprint density at radius 1 is 1.29 bits per heavy atom. The Balaban J connectivity index is 2.70. The molecule has 0 spiro atoms. The fourth-order valence-electron chi connectivity index (χ4n) is 0.992. The van der Waals surface area contributed by atoms with Crippen molar-refractivity contribution in [3.8, 4) is 5.75 Å². The van der Waals surface area contributed by atoms with Gasteiger partial charge in [0.05, 0.1) is 0 Å². The molecule has 0 amide bonds. The minimum atomic E-state index is -4.22. The molecule has 0 heterocycles. The second kappa shape index (κ2) is 4.11. The van der Waals surface area contributed by atoms with Crippen molar-refractivity contribution in [1.82, 2.24) is 0 Å². The third-order valence-corrected chi connectivity index (χ3v) is 2.86. The van der Waals surface area contributed by atoms with E-state index in [9.17, 15) is 4.57 Å². The lowest BCUT2D eigenvalue weighted by atomic mass is 10.1. The van der Waals surface area contributed by atoms with E-state index in [4.69, 9.17) is 20.6 Å². The van der Waals surface area contributed by atoms with Crippen LogP contribution in [0.1, 0.15) is 5.56 Å². The largest absolute Gasteiger partial charge is 0.508 e. The molecule has 0 aliphatic rings. The van der Waals surface area contributed by atoms with Crippen molar-refractivity contribution in [3.05, 3.63) is 29.8 Å². The first kappa shape index (κ1) is 11.2. The van der Waals surface area contributed by atoms with Crippen LogP contribution in [-0.2, 0) is 11.0 Å². The average molecular weight is 217 g/mol. The van der Waals surface area contributed by atoms with Gasteiger partial charge in [0, 0.05) is 0 Å². The van der Waals surface area contributed by atoms with Crippen molar-refractivity contribution < 1.29 is 19.5 Å². The Morgan fingerprint density at radius 3 is 2.21 bits per heavy atom. The number of hydrogen-bond donors (Lipinski definition) is 4. The van der Waals surface area contributed by atoms with Crippen molar-refractivity contribution in [2.24, 2.45) is 5.73 Å². The van der Waals surface area contributed by atoms with E-state index in [-0.39, 0.29) is 12.2 Å². The highest BCUT2D eigenvalue weighted by atomic mass is 31.2. The van der Waals surface area contributed by atoms with Gasteiger partial charge in [0.15, 0.2) is 0 Å². The lowest BCUT2D eigenvalue weighted by Crippen LogP contribution is -2.22. The van der Waals surface area contributed by atoms with Gasteiger partial charge in [0.2, 0.25) is 0 Å². The van der Waals surface area contributed by atoms with Gasteiger partial charge in [-0.3, -0.25) is 4.57 Å². The van der Waals surface area contributed by atoms with E-state index in [1.807, 2.05) is 0 Å². The highest BCUT2D eigenvalue weighted by Crippen LogP contribution is 2.39. The van der Waals surface area contributed by atoms with E-state index in [0.29, 0.717) is 5.56 Å². The van der Waals surface area contributed by atoms with Crippen molar-refractivity contribution in [3.63, 3.8) is 0 Å². The summed E-state index contributed by atoms with van der Waals surface area (Å²) in [4.78, 5) is 17.5. The van der Waals surface area contributed by atoms with Gasteiger partial charge in [0.1, 0.15) is 11.5 Å². The quantitative estimate of drug-likeness (QED) is 0.548. The summed E-state index contributed by atoms with van der Waals surface area (Å²) >= 11 is 0. The predicted octanol–water partition coefficient (Wildman–Crippen LogP) is 0.397. The monoisotopic (exact) mass is 217 g/mol. The Kier molecular flexibility index (Phi) is 3.29. The molecule has 0 unspecified atom stereocenters. The van der Waals surface area contributed by atoms with Gasteiger partial charge in [-0.05, 0) is 24.1 Å². The van der Waals surface area contributed by atoms with Crippen molar-refractivity contribution in [2.45, 2.75) is 12.2 Å². The maximum atomic E-state index is 10.7. The molecule has 6 heteroatoms. The molecule has 0 aliphatic heterocycles. The molecule has 0 saturated carbocycles. The molecule has 0 aliphatic carbocycles. The molecule has 5 N–H and O–H groups in total. The standard InChI is InChI=1S/C8H12NO4P/c9-8(14(11,12)13)5-6-1-3-7(10)4-2-6/h1-4,8,10H,5,9H2,(H2,11,12,13)/t8-/m0/s1. The first-order valence-corrected chi connectivity index (χ1v) is 5.66. The fraction of sp³-hybridized carbons (Fsp3) is 0.250. The summed E-state index contributed by atoms with van der Waals surface area (Å²) in [5.74, 6) is -1.08. The third-order valence-electron chi connectivity index (χ3n) is 1.81. The van der Waals surface area contributed by atoms with Crippen LogP contribution in [-0.4, -0.2) is 20.7 Å². The van der Waals surface area contributed by atoms with E-state index in [0.717, 1.165) is 0 Å². The maximum absolute atomic E-state index is 10.7. The van der Waals surface area contributed by atoms with Crippen LogP contribution in [0.15, 0.2) is 24.3 Å². The predicted molar refractivity (Wildman–Crippen MR) is 51.8 cm³/mol. The summed E-state index contributed by atoms with van der Waals surface area (Å²) in [6, 6.07) is 6.04. The number of phenolic OH excluding ortho intramolecular Hbond substituents is 1. The molecule has 0 bridgehead atoms. The minimum Gasteiger partial charge on any atom is -0.508 e. The van der Waals surface area contributed by atoms with E-state index in [2.05, 4.69) is 0 Å². The van der Waals surface area contributed by atoms with E-state index in [1.54, 1.807) is 12.1 Å². The second-order valence-corrected chi connectivity index (χ2v) is 4.87. The molecule has 5 nitrogen and oxygen atoms in total. The molecule has 0 radical (unpaired) electrons. The Labute approximate surface area is 81.3 Å². The van der Waals surface area contributed by atoms with Crippen molar-refractivity contribution in [1.29, 1.82) is 0 Å². The van der Waals surface area contributed by atoms with E-state index >= 15 is 0 Å². The topological polar surface area (TPSA) is 104 Å². The van der Waals surface area contributed by atoms with Crippen LogP contribution in [0.4, 0.5) is 0 Å². The number of benzene rings is 1. The van der Waals surface area contributed by atoms with Crippen molar-refractivity contribution in [2.75, 3.05) is 0 Å². The van der Waals surface area contributed by atoms with Crippen LogP contribution in [0.3, 0.4) is 0 Å². The van der Waals surface area contributed by atoms with Gasteiger partial charge in [0.25, 0.3) is 0 Å². The summed E-state index contributed by atoms with van der Waals surface area (Å²) in [7, 11) is -4.22. The third kappa shape index (κ3) is 3.12. The number of nitrogens with two attached hydrogens (primary N) is 1. The second-order valence-electron chi connectivity index (χ2n) is 3.03. The van der Waals surface area contributed by atoms with Crippen LogP contribution in [0.5, 0.6) is 5.75 Å². The van der Waals surface area contributed by atoms with Crippen LogP contribution < -0.4 is 5.73 Å². The Bertz CT molecular complexity index is 345. The van der Waals surface area contributed by atoms with Gasteiger partial charge < -0.3 is 20.6 Å². The van der Waals surface area contributed by atoms with Gasteiger partial charge >= 0.3 is 7.60 Å². The molecule has 0 fully saturated rings. The average Bonchev–Trinajstić information content (AvgIpc) is 2.07. The highest BCUT2D eigenvalue weighted by molar-refractivity contribution is 7.52. The minimum absolute atomic E-state index is 0.0879. The molecule has 14 heavy (non-hydrogen) atoms. The first-order valence-electron chi connectivity index (χ1n) is 3.98. The molecule has 1 aromatic carbocycles. The van der Waals surface area contributed by atoms with Crippen molar-refractivity contribution >= 4 is 7.60 Å². The number of phenols is 1. The molecule has 78 valence electrons. The molecule has 1 aromatic rings. The SMILES string of the molecule is N[C@H](Cc1ccc(O)cc1)P(=O)(O)O. The Morgan fingerprint density at radius 2 is 1.79 bits per heavy atom. The van der Waals surface area contributed by atoms with Crippen LogP contribution in [0, 0.1) is 0 Å². The zero-order valence-corrected chi connectivity index (χ0v) is 8.26. The molecule has 0 aromatic heterocycles. The summed E-state index contributed by atoms with van der Waals surface area (Å²) in [6.45, 7) is 0. The molecule has 1 rings (SSSR count). The Hall–Kier alpha value is -0.870. The van der Waals surface area contributed by atoms with Crippen LogP contribution in [0.25, 0.3) is 0 Å². The smallest absolute Gasteiger partial charge is 0.342 e. The van der Waals surface area contributed by atoms with Gasteiger partial charge in [-0.2, -0.15) is 0 Å². The fourth-order valence-corrected chi connectivity index (χ4v) is 1.44. The molecule has 1 atom stereocenters. The zero-order chi connectivity index (χ0) is 10.8. The zero-order valence-electron chi connectivity index (χ0n) is 7.37. The summed E-state index contributed by atoms with van der Waals surface area (Å²) < 4.78 is 10.7. The number of aromatic hydroxyl groups is 1. The number of hydrogen-bond acceptors (Lipinski definition) is 3. The lowest BCUT2D eigenvalue weighted by Gasteiger charge is -2.12. The number of rotatable bonds is 3. The summed E-state index contributed by atoms with van der Waals surface area (Å²) in [5.41, 5.74) is 5.97. The van der Waals surface area contributed by atoms with Gasteiger partial charge in [-0.1, -0.05) is 12.1 Å². The van der Waals surface area contributed by atoms with Crippen LogP contribution in [0.2, 0.25) is 0 Å². The maximum Gasteiger partial charge on any atom is 0.342 e. The normalized spacial score (nSPS) is 13.9. The highest BCUT2D eigenvalue weighted by Gasteiger charge is 2.24. The van der Waals surface area contributed by atoms with E-state index in [1.165, 1.54) is 12.1 Å². The van der Waals surface area contributed by atoms with Gasteiger partial charge in [-0.15, -0.1) is 0 Å².